The first-order valence-corrected chi connectivity index (χ1v) is 7.49. The number of nitrogens with zero attached hydrogens (tertiary/aromatic N) is 2. The van der Waals surface area contributed by atoms with Crippen molar-refractivity contribution in [3.63, 3.8) is 0 Å². The highest BCUT2D eigenvalue weighted by Crippen LogP contribution is 2.41. The maximum atomic E-state index is 13.1. The molecular weight excluding hydrogens is 337 g/mol. The Hall–Kier alpha value is -2.51. The van der Waals surface area contributed by atoms with Crippen LogP contribution in [-0.4, -0.2) is 33.9 Å². The first-order chi connectivity index (χ1) is 11.5. The smallest absolute Gasteiger partial charge is 0.394 e. The fourth-order valence-electron chi connectivity index (χ4n) is 2.46. The van der Waals surface area contributed by atoms with Crippen LogP contribution < -0.4 is 4.74 Å². The van der Waals surface area contributed by atoms with E-state index in [1.807, 2.05) is 0 Å². The molecule has 0 unspecified atom stereocenters. The molecule has 25 heavy (non-hydrogen) atoms. The monoisotopic (exact) mass is 356 g/mol. The Morgan fingerprint density at radius 2 is 1.96 bits per heavy atom. The summed E-state index contributed by atoms with van der Waals surface area (Å²) in [4.78, 5) is 15.0. The Labute approximate surface area is 143 Å². The lowest BCUT2D eigenvalue weighted by molar-refractivity contribution is -0.211. The van der Waals surface area contributed by atoms with Gasteiger partial charge < -0.3 is 9.84 Å². The third-order valence-corrected chi connectivity index (χ3v) is 4.02. The fraction of sp³-hybridized carbons (Fsp3) is 0.412. The molecule has 136 valence electrons. The maximum Gasteiger partial charge on any atom is 0.394 e. The molecule has 0 saturated heterocycles. The van der Waals surface area contributed by atoms with Crippen molar-refractivity contribution < 1.29 is 27.8 Å². The Morgan fingerprint density at radius 1 is 1.32 bits per heavy atom. The second kappa shape index (κ2) is 6.42. The van der Waals surface area contributed by atoms with Gasteiger partial charge in [0, 0.05) is 6.20 Å². The van der Waals surface area contributed by atoms with E-state index in [2.05, 4.69) is 4.98 Å². The summed E-state index contributed by atoms with van der Waals surface area (Å²) in [6.07, 6.45) is -3.18. The minimum absolute atomic E-state index is 0.123. The standard InChI is InChI=1S/C17H19F3N2O3/c1-10-21-12(15(23)24)9-22(10)13-6-5-11(7-14(13)25-4)8-16(2,3)17(18,19)20/h5-7,9H,8H2,1-4H3,(H,23,24). The highest BCUT2D eigenvalue weighted by molar-refractivity contribution is 5.85. The van der Waals surface area contributed by atoms with Crippen molar-refractivity contribution in [2.45, 2.75) is 33.4 Å². The molecule has 0 amide bonds. The molecule has 0 radical (unpaired) electrons. The largest absolute Gasteiger partial charge is 0.495 e. The van der Waals surface area contributed by atoms with Crippen LogP contribution in [-0.2, 0) is 6.42 Å². The molecule has 0 aliphatic rings. The number of hydrogen-bond acceptors (Lipinski definition) is 3. The van der Waals surface area contributed by atoms with E-state index in [0.29, 0.717) is 22.8 Å². The van der Waals surface area contributed by atoms with Crippen LogP contribution in [0.5, 0.6) is 5.75 Å². The third kappa shape index (κ3) is 3.78. The molecule has 5 nitrogen and oxygen atoms in total. The number of aryl methyl sites for hydroxylation is 1. The van der Waals surface area contributed by atoms with Crippen LogP contribution in [0.15, 0.2) is 24.4 Å². The van der Waals surface area contributed by atoms with E-state index in [4.69, 9.17) is 9.84 Å². The first-order valence-electron chi connectivity index (χ1n) is 7.49. The molecule has 0 saturated carbocycles. The highest BCUT2D eigenvalue weighted by atomic mass is 19.4. The first kappa shape index (κ1) is 18.8. The lowest BCUT2D eigenvalue weighted by atomic mass is 9.85. The minimum atomic E-state index is -4.32. The Bertz CT molecular complexity index is 795. The van der Waals surface area contributed by atoms with Gasteiger partial charge in [0.25, 0.3) is 0 Å². The number of carboxylic acids is 1. The van der Waals surface area contributed by atoms with Crippen LogP contribution in [0.4, 0.5) is 13.2 Å². The molecule has 1 aromatic heterocycles. The van der Waals surface area contributed by atoms with Crippen LogP contribution in [0.3, 0.4) is 0 Å². The Morgan fingerprint density at radius 3 is 2.44 bits per heavy atom. The third-order valence-electron chi connectivity index (χ3n) is 4.02. The molecule has 0 fully saturated rings. The molecule has 1 N–H and O–H groups in total. The number of alkyl halides is 3. The van der Waals surface area contributed by atoms with E-state index in [-0.39, 0.29) is 12.1 Å². The van der Waals surface area contributed by atoms with Gasteiger partial charge in [0.2, 0.25) is 0 Å². The number of aromatic carboxylic acids is 1. The summed E-state index contributed by atoms with van der Waals surface area (Å²) < 4.78 is 46.1. The van der Waals surface area contributed by atoms with Gasteiger partial charge in [-0.15, -0.1) is 0 Å². The van der Waals surface area contributed by atoms with Crippen LogP contribution in [0, 0.1) is 12.3 Å². The van der Waals surface area contributed by atoms with Crippen LogP contribution in [0.1, 0.15) is 35.7 Å². The number of imidazole rings is 1. The number of ether oxygens (including phenoxy) is 1. The van der Waals surface area contributed by atoms with E-state index >= 15 is 0 Å². The van der Waals surface area contributed by atoms with Gasteiger partial charge in [-0.05, 0) is 31.0 Å². The highest BCUT2D eigenvalue weighted by Gasteiger charge is 2.47. The van der Waals surface area contributed by atoms with Crippen LogP contribution in [0.25, 0.3) is 5.69 Å². The van der Waals surface area contributed by atoms with Gasteiger partial charge in [-0.2, -0.15) is 13.2 Å². The predicted octanol–water partition coefficient (Wildman–Crippen LogP) is 4.02. The van der Waals surface area contributed by atoms with Crippen LogP contribution >= 0.6 is 0 Å². The molecular formula is C17H19F3N2O3. The van der Waals surface area contributed by atoms with Crippen molar-refractivity contribution in [2.75, 3.05) is 7.11 Å². The van der Waals surface area contributed by atoms with E-state index in [1.165, 1.54) is 23.9 Å². The number of carbonyl (C=O) groups is 1. The van der Waals surface area contributed by atoms with Gasteiger partial charge in [0.05, 0.1) is 18.2 Å². The van der Waals surface area contributed by atoms with Gasteiger partial charge in [0.15, 0.2) is 5.69 Å². The second-order valence-corrected chi connectivity index (χ2v) is 6.41. The summed E-state index contributed by atoms with van der Waals surface area (Å²) in [5, 5.41) is 9.03. The van der Waals surface area contributed by atoms with Crippen molar-refractivity contribution in [1.82, 2.24) is 9.55 Å². The molecule has 2 rings (SSSR count). The topological polar surface area (TPSA) is 64.3 Å². The Balaban J connectivity index is 2.42. The molecule has 2 aromatic rings. The number of rotatable bonds is 5. The number of methoxy groups -OCH3 is 1. The van der Waals surface area contributed by atoms with Gasteiger partial charge in [-0.3, -0.25) is 4.57 Å². The van der Waals surface area contributed by atoms with Crippen molar-refractivity contribution in [2.24, 2.45) is 5.41 Å². The van der Waals surface area contributed by atoms with Crippen molar-refractivity contribution in [1.29, 1.82) is 0 Å². The van der Waals surface area contributed by atoms with Gasteiger partial charge in [-0.1, -0.05) is 19.9 Å². The fourth-order valence-corrected chi connectivity index (χ4v) is 2.46. The predicted molar refractivity (Wildman–Crippen MR) is 85.4 cm³/mol. The van der Waals surface area contributed by atoms with Crippen LogP contribution in [0.2, 0.25) is 0 Å². The molecule has 0 atom stereocenters. The minimum Gasteiger partial charge on any atom is -0.495 e. The maximum absolute atomic E-state index is 13.1. The average Bonchev–Trinajstić information content (AvgIpc) is 2.87. The Kier molecular flexibility index (Phi) is 4.83. The quantitative estimate of drug-likeness (QED) is 0.879. The summed E-state index contributed by atoms with van der Waals surface area (Å²) in [5.74, 6) is -0.392. The number of benzene rings is 1. The van der Waals surface area contributed by atoms with E-state index < -0.39 is 17.6 Å². The molecule has 0 spiro atoms. The van der Waals surface area contributed by atoms with E-state index in [9.17, 15) is 18.0 Å². The lowest BCUT2D eigenvalue weighted by Crippen LogP contribution is -2.34. The zero-order valence-electron chi connectivity index (χ0n) is 14.3. The van der Waals surface area contributed by atoms with Gasteiger partial charge in [-0.25, -0.2) is 9.78 Å². The zero-order chi connectivity index (χ0) is 19.0. The summed E-state index contributed by atoms with van der Waals surface area (Å²) in [6.45, 7) is 3.92. The molecule has 0 bridgehead atoms. The summed E-state index contributed by atoms with van der Waals surface area (Å²) in [6, 6.07) is 4.70. The molecule has 0 aliphatic heterocycles. The number of aromatic nitrogens is 2. The van der Waals surface area contributed by atoms with Gasteiger partial charge >= 0.3 is 12.1 Å². The van der Waals surface area contributed by atoms with Crippen molar-refractivity contribution in [3.8, 4) is 11.4 Å². The molecule has 1 aromatic carbocycles. The molecule has 1 heterocycles. The van der Waals surface area contributed by atoms with E-state index in [0.717, 1.165) is 13.8 Å². The van der Waals surface area contributed by atoms with Gasteiger partial charge in [0.1, 0.15) is 11.6 Å². The number of halogens is 3. The SMILES string of the molecule is COc1cc(CC(C)(C)C(F)(F)F)ccc1-n1cc(C(=O)O)nc1C. The molecule has 0 aliphatic carbocycles. The van der Waals surface area contributed by atoms with E-state index in [1.54, 1.807) is 19.1 Å². The second-order valence-electron chi connectivity index (χ2n) is 6.41. The average molecular weight is 356 g/mol. The van der Waals surface area contributed by atoms with Crippen molar-refractivity contribution in [3.05, 3.63) is 41.5 Å². The van der Waals surface area contributed by atoms with Crippen molar-refractivity contribution >= 4 is 5.97 Å². The number of hydrogen-bond donors (Lipinski definition) is 1. The summed E-state index contributed by atoms with van der Waals surface area (Å²) >= 11 is 0. The summed E-state index contributed by atoms with van der Waals surface area (Å²) in [5.41, 5.74) is -1.02. The summed E-state index contributed by atoms with van der Waals surface area (Å²) in [7, 11) is 1.40. The zero-order valence-corrected chi connectivity index (χ0v) is 14.3. The lowest BCUT2D eigenvalue weighted by Gasteiger charge is -2.28. The molecule has 8 heteroatoms. The normalized spacial score (nSPS) is 12.3. The number of carboxylic acid groups (broad SMARTS) is 1.